The molecule has 1 aliphatic rings. The van der Waals surface area contributed by atoms with Crippen molar-refractivity contribution in [3.8, 4) is 17.3 Å². The van der Waals surface area contributed by atoms with E-state index in [1.54, 1.807) is 30.0 Å². The Kier molecular flexibility index (Phi) is 6.63. The number of methoxy groups -OCH3 is 1. The fourth-order valence-electron chi connectivity index (χ4n) is 3.05. The van der Waals surface area contributed by atoms with Crippen LogP contribution in [0.2, 0.25) is 0 Å². The number of nitrogens with zero attached hydrogens (tertiary/aromatic N) is 7. The Balaban J connectivity index is 1.40. The van der Waals surface area contributed by atoms with E-state index in [0.29, 0.717) is 43.3 Å². The third-order valence-corrected chi connectivity index (χ3v) is 4.84. The number of carbonyl (C=O) groups excluding carboxylic acids is 2. The molecule has 3 aromatic rings. The fourth-order valence-corrected chi connectivity index (χ4v) is 3.05. The molecule has 0 spiro atoms. The van der Waals surface area contributed by atoms with Crippen LogP contribution in [0.3, 0.4) is 0 Å². The lowest BCUT2D eigenvalue weighted by atomic mass is 10.2. The summed E-state index contributed by atoms with van der Waals surface area (Å²) >= 11 is 0. The van der Waals surface area contributed by atoms with Crippen LogP contribution in [0.25, 0.3) is 5.82 Å². The average molecular weight is 471 g/mol. The van der Waals surface area contributed by atoms with Crippen molar-refractivity contribution in [1.29, 1.82) is 0 Å². The number of hydrogen-bond acceptors (Lipinski definition) is 12. The largest absolute Gasteiger partial charge is 0.493 e. The second-order valence-corrected chi connectivity index (χ2v) is 6.99. The van der Waals surface area contributed by atoms with Crippen molar-refractivity contribution < 1.29 is 28.4 Å². The molecule has 0 radical (unpaired) electrons. The Bertz CT molecular complexity index is 1210. The molecule has 2 amide bonds. The highest BCUT2D eigenvalue weighted by Crippen LogP contribution is 2.28. The first-order chi connectivity index (χ1) is 16.5. The molecule has 1 aromatic carbocycles. The summed E-state index contributed by atoms with van der Waals surface area (Å²) in [6, 6.07) is 4.84. The number of nitrogens with two attached hydrogens (primary N) is 1. The number of hydrogen-bond donors (Lipinski definition) is 2. The highest BCUT2D eigenvalue weighted by molar-refractivity contribution is 5.94. The molecule has 3 N–H and O–H groups in total. The molecule has 0 unspecified atom stereocenters. The number of aromatic nitrogens is 5. The molecule has 0 saturated carbocycles. The Morgan fingerprint density at radius 3 is 2.74 bits per heavy atom. The molecule has 1 fully saturated rings. The van der Waals surface area contributed by atoms with Crippen molar-refractivity contribution in [2.45, 2.75) is 6.92 Å². The van der Waals surface area contributed by atoms with Crippen LogP contribution in [-0.2, 0) is 4.74 Å². The summed E-state index contributed by atoms with van der Waals surface area (Å²) < 4.78 is 21.7. The molecule has 0 bridgehead atoms. The Hall–Kier alpha value is -4.53. The van der Waals surface area contributed by atoms with Gasteiger partial charge in [0.25, 0.3) is 5.91 Å². The van der Waals surface area contributed by atoms with E-state index in [-0.39, 0.29) is 23.1 Å². The maximum Gasteiger partial charge on any atom is 0.415 e. The van der Waals surface area contributed by atoms with Gasteiger partial charge in [0.15, 0.2) is 17.2 Å². The maximum atomic E-state index is 12.4. The van der Waals surface area contributed by atoms with E-state index in [9.17, 15) is 9.59 Å². The minimum absolute atomic E-state index is 0.00555. The van der Waals surface area contributed by atoms with Crippen LogP contribution < -0.4 is 20.6 Å². The lowest BCUT2D eigenvalue weighted by Gasteiger charge is -2.26. The van der Waals surface area contributed by atoms with Crippen LogP contribution in [0.5, 0.6) is 11.5 Å². The highest BCUT2D eigenvalue weighted by atomic mass is 16.6. The number of carbonyl (C=O) groups is 2. The second-order valence-electron chi connectivity index (χ2n) is 6.99. The minimum Gasteiger partial charge on any atom is -0.493 e. The molecule has 2 aromatic heterocycles. The van der Waals surface area contributed by atoms with E-state index in [4.69, 9.17) is 19.9 Å². The Morgan fingerprint density at radius 2 is 2.03 bits per heavy atom. The van der Waals surface area contributed by atoms with Crippen LogP contribution in [0.4, 0.5) is 10.6 Å². The predicted molar refractivity (Wildman–Crippen MR) is 115 cm³/mol. The number of nitrogens with one attached hydrogen (secondary N) is 1. The number of anilines is 1. The van der Waals surface area contributed by atoms with E-state index < -0.39 is 12.0 Å². The van der Waals surface area contributed by atoms with Crippen LogP contribution in [0.1, 0.15) is 21.7 Å². The normalized spacial score (nSPS) is 13.8. The van der Waals surface area contributed by atoms with Crippen molar-refractivity contribution in [1.82, 2.24) is 35.6 Å². The molecule has 15 nitrogen and oxygen atoms in total. The summed E-state index contributed by atoms with van der Waals surface area (Å²) in [6.07, 6.45) is 0.912. The lowest BCUT2D eigenvalue weighted by molar-refractivity contribution is 0.0413. The molecule has 15 heteroatoms. The fraction of sp³-hybridized carbons (Fsp3) is 0.316. The highest BCUT2D eigenvalue weighted by Gasteiger charge is 2.21. The first-order valence-corrected chi connectivity index (χ1v) is 10.0. The van der Waals surface area contributed by atoms with Gasteiger partial charge in [0.1, 0.15) is 0 Å². The van der Waals surface area contributed by atoms with Crippen LogP contribution in [-0.4, -0.2) is 81.8 Å². The van der Waals surface area contributed by atoms with Gasteiger partial charge in [-0.3, -0.25) is 4.79 Å². The van der Waals surface area contributed by atoms with E-state index >= 15 is 0 Å². The van der Waals surface area contributed by atoms with Crippen LogP contribution in [0.15, 0.2) is 27.9 Å². The van der Waals surface area contributed by atoms with Gasteiger partial charge in [-0.05, 0) is 41.0 Å². The summed E-state index contributed by atoms with van der Waals surface area (Å²) in [5.41, 5.74) is 8.98. The van der Waals surface area contributed by atoms with Gasteiger partial charge < -0.3 is 24.8 Å². The van der Waals surface area contributed by atoms with Gasteiger partial charge in [-0.1, -0.05) is 5.21 Å². The third-order valence-electron chi connectivity index (χ3n) is 4.84. The smallest absolute Gasteiger partial charge is 0.415 e. The van der Waals surface area contributed by atoms with Crippen molar-refractivity contribution in [3.05, 3.63) is 35.2 Å². The van der Waals surface area contributed by atoms with Crippen LogP contribution in [0, 0.1) is 6.92 Å². The minimum atomic E-state index is -0.599. The Morgan fingerprint density at radius 1 is 1.24 bits per heavy atom. The molecule has 34 heavy (non-hydrogen) atoms. The van der Waals surface area contributed by atoms with Crippen molar-refractivity contribution in [2.75, 3.05) is 39.1 Å². The third kappa shape index (κ3) is 4.78. The van der Waals surface area contributed by atoms with E-state index in [1.807, 2.05) is 0 Å². The van der Waals surface area contributed by atoms with Gasteiger partial charge in [0.05, 0.1) is 32.2 Å². The molecule has 1 aliphatic heterocycles. The summed E-state index contributed by atoms with van der Waals surface area (Å²) in [5.74, 6) is 0.113. The van der Waals surface area contributed by atoms with Gasteiger partial charge in [-0.25, -0.2) is 14.8 Å². The molecular formula is C19H21N9O6. The standard InChI is InChI=1S/C19H21N9O6/c1-11-15(22-26-28(11)17-16(20)24-34-25-17)18(29)23-21-10-12-3-4-13(14(9-12)31-2)33-19(30)27-5-7-32-8-6-27/h3-4,9-10H,5-8H2,1-2H3,(H2,20,24)(H,23,29)/b21-10+. The number of ether oxygens (including phenoxy) is 3. The van der Waals surface area contributed by atoms with E-state index in [0.717, 1.165) is 0 Å². The predicted octanol–water partition coefficient (Wildman–Crippen LogP) is 0.144. The van der Waals surface area contributed by atoms with Gasteiger partial charge in [0.2, 0.25) is 11.6 Å². The molecule has 4 rings (SSSR count). The van der Waals surface area contributed by atoms with Gasteiger partial charge in [0, 0.05) is 13.1 Å². The molecule has 3 heterocycles. The molecule has 1 saturated heterocycles. The van der Waals surface area contributed by atoms with Gasteiger partial charge >= 0.3 is 6.09 Å². The molecular weight excluding hydrogens is 450 g/mol. The van der Waals surface area contributed by atoms with Crippen molar-refractivity contribution in [2.24, 2.45) is 5.10 Å². The summed E-state index contributed by atoms with van der Waals surface area (Å²) in [5, 5.41) is 18.7. The molecule has 0 atom stereocenters. The lowest BCUT2D eigenvalue weighted by Crippen LogP contribution is -2.42. The Labute approximate surface area is 192 Å². The molecule has 178 valence electrons. The number of nitrogen functional groups attached to an aromatic ring is 1. The topological polar surface area (TPSA) is 185 Å². The molecule has 0 aliphatic carbocycles. The van der Waals surface area contributed by atoms with Crippen LogP contribution >= 0.6 is 0 Å². The zero-order chi connectivity index (χ0) is 24.1. The number of rotatable bonds is 6. The number of amides is 2. The number of benzene rings is 1. The number of hydrazone groups is 1. The SMILES string of the molecule is COc1cc(/C=N/NC(=O)c2nnn(-c3nonc3N)c2C)ccc1OC(=O)N1CCOCC1. The maximum absolute atomic E-state index is 12.4. The second kappa shape index (κ2) is 9.95. The van der Waals surface area contributed by atoms with E-state index in [1.165, 1.54) is 18.0 Å². The van der Waals surface area contributed by atoms with E-state index in [2.05, 4.69) is 35.8 Å². The van der Waals surface area contributed by atoms with Crippen molar-refractivity contribution >= 4 is 24.0 Å². The first kappa shape index (κ1) is 22.7. The zero-order valence-corrected chi connectivity index (χ0v) is 18.3. The summed E-state index contributed by atoms with van der Waals surface area (Å²) in [6.45, 7) is 3.46. The zero-order valence-electron chi connectivity index (χ0n) is 18.3. The average Bonchev–Trinajstić information content (AvgIpc) is 3.45. The number of morpholine rings is 1. The quantitative estimate of drug-likeness (QED) is 0.368. The monoisotopic (exact) mass is 471 g/mol. The summed E-state index contributed by atoms with van der Waals surface area (Å²) in [7, 11) is 1.45. The first-order valence-electron chi connectivity index (χ1n) is 10.0. The van der Waals surface area contributed by atoms with Gasteiger partial charge in [-0.2, -0.15) is 9.78 Å². The van der Waals surface area contributed by atoms with Crippen molar-refractivity contribution in [3.63, 3.8) is 0 Å². The van der Waals surface area contributed by atoms with Gasteiger partial charge in [-0.15, -0.1) is 5.10 Å². The summed E-state index contributed by atoms with van der Waals surface area (Å²) in [4.78, 5) is 26.3.